The number of benzene rings is 1. The van der Waals surface area contributed by atoms with Crippen LogP contribution in [0.3, 0.4) is 0 Å². The normalized spacial score (nSPS) is 10.6. The third kappa shape index (κ3) is 4.25. The molecule has 0 aliphatic heterocycles. The Morgan fingerprint density at radius 1 is 1.18 bits per heavy atom. The van der Waals surface area contributed by atoms with Gasteiger partial charge in [0, 0.05) is 5.02 Å². The molecule has 0 saturated carbocycles. The average Bonchev–Trinajstić information content (AvgIpc) is 2.82. The highest BCUT2D eigenvalue weighted by Gasteiger charge is 1.96. The molecule has 0 atom stereocenters. The fourth-order valence-corrected chi connectivity index (χ4v) is 1.95. The molecule has 0 radical (unpaired) electrons. The van der Waals surface area contributed by atoms with E-state index in [1.807, 2.05) is 30.3 Å². The molecule has 0 bridgehead atoms. The summed E-state index contributed by atoms with van der Waals surface area (Å²) in [6.07, 6.45) is 3.84. The van der Waals surface area contributed by atoms with Gasteiger partial charge < -0.3 is 9.73 Å². The quantitative estimate of drug-likeness (QED) is 0.791. The van der Waals surface area contributed by atoms with Gasteiger partial charge in [-0.05, 0) is 49.2 Å². The third-order valence-electron chi connectivity index (χ3n) is 2.59. The monoisotopic (exact) mass is 249 g/mol. The van der Waals surface area contributed by atoms with E-state index in [9.17, 15) is 0 Å². The van der Waals surface area contributed by atoms with Gasteiger partial charge in [-0.2, -0.15) is 0 Å². The summed E-state index contributed by atoms with van der Waals surface area (Å²) in [5.41, 5.74) is 1.29. The van der Waals surface area contributed by atoms with Crippen molar-refractivity contribution in [2.75, 3.05) is 6.54 Å². The standard InChI is InChI=1S/C14H16ClNO/c15-13-6-1-4-12(10-13)5-2-8-16-11-14-7-3-9-17-14/h1,3-4,6-7,9-10,16H,2,5,8,11H2. The van der Waals surface area contributed by atoms with Crippen LogP contribution in [0.5, 0.6) is 0 Å². The van der Waals surface area contributed by atoms with Gasteiger partial charge in [0.1, 0.15) is 5.76 Å². The van der Waals surface area contributed by atoms with Gasteiger partial charge in [-0.15, -0.1) is 0 Å². The van der Waals surface area contributed by atoms with Crippen LogP contribution in [-0.2, 0) is 13.0 Å². The second-order valence-corrected chi connectivity index (χ2v) is 4.43. The minimum absolute atomic E-state index is 0.794. The molecule has 0 fully saturated rings. The molecule has 2 aromatic rings. The van der Waals surface area contributed by atoms with Crippen LogP contribution in [0.2, 0.25) is 5.02 Å². The molecule has 0 unspecified atom stereocenters. The summed E-state index contributed by atoms with van der Waals surface area (Å²) in [5.74, 6) is 0.979. The number of halogens is 1. The summed E-state index contributed by atoms with van der Waals surface area (Å²) in [7, 11) is 0. The van der Waals surface area contributed by atoms with Crippen molar-refractivity contribution in [2.45, 2.75) is 19.4 Å². The highest BCUT2D eigenvalue weighted by atomic mass is 35.5. The molecule has 0 amide bonds. The highest BCUT2D eigenvalue weighted by Crippen LogP contribution is 2.11. The van der Waals surface area contributed by atoms with E-state index in [1.165, 1.54) is 5.56 Å². The SMILES string of the molecule is Clc1cccc(CCCNCc2ccco2)c1. The Bertz CT molecular complexity index is 439. The Labute approximate surface area is 107 Å². The Hall–Kier alpha value is -1.25. The van der Waals surface area contributed by atoms with Crippen molar-refractivity contribution in [1.29, 1.82) is 0 Å². The summed E-state index contributed by atoms with van der Waals surface area (Å²) < 4.78 is 5.23. The van der Waals surface area contributed by atoms with Gasteiger partial charge in [-0.25, -0.2) is 0 Å². The van der Waals surface area contributed by atoms with E-state index in [4.69, 9.17) is 16.0 Å². The smallest absolute Gasteiger partial charge is 0.117 e. The van der Waals surface area contributed by atoms with Gasteiger partial charge in [0.25, 0.3) is 0 Å². The first kappa shape index (κ1) is 12.2. The van der Waals surface area contributed by atoms with E-state index in [2.05, 4.69) is 11.4 Å². The van der Waals surface area contributed by atoms with E-state index in [0.717, 1.165) is 36.7 Å². The molecular weight excluding hydrogens is 234 g/mol. The van der Waals surface area contributed by atoms with Crippen LogP contribution in [0.25, 0.3) is 0 Å². The molecular formula is C14H16ClNO. The molecule has 3 heteroatoms. The van der Waals surface area contributed by atoms with Crippen LogP contribution >= 0.6 is 11.6 Å². The lowest BCUT2D eigenvalue weighted by molar-refractivity contribution is 0.481. The molecule has 2 nitrogen and oxygen atoms in total. The molecule has 0 aliphatic carbocycles. The van der Waals surface area contributed by atoms with E-state index in [1.54, 1.807) is 6.26 Å². The van der Waals surface area contributed by atoms with Crippen molar-refractivity contribution in [3.63, 3.8) is 0 Å². The van der Waals surface area contributed by atoms with Gasteiger partial charge >= 0.3 is 0 Å². The molecule has 90 valence electrons. The van der Waals surface area contributed by atoms with Gasteiger partial charge in [0.15, 0.2) is 0 Å². The predicted molar refractivity (Wildman–Crippen MR) is 70.2 cm³/mol. The highest BCUT2D eigenvalue weighted by molar-refractivity contribution is 6.30. The van der Waals surface area contributed by atoms with Gasteiger partial charge in [0.05, 0.1) is 12.8 Å². The number of furan rings is 1. The average molecular weight is 250 g/mol. The van der Waals surface area contributed by atoms with Gasteiger partial charge in [-0.3, -0.25) is 0 Å². The minimum atomic E-state index is 0.794. The van der Waals surface area contributed by atoms with Gasteiger partial charge in [0.2, 0.25) is 0 Å². The number of hydrogen-bond donors (Lipinski definition) is 1. The second kappa shape index (κ2) is 6.48. The molecule has 0 aliphatic rings. The summed E-state index contributed by atoms with van der Waals surface area (Å²) in [6.45, 7) is 1.77. The molecule has 17 heavy (non-hydrogen) atoms. The Balaban J connectivity index is 1.63. The topological polar surface area (TPSA) is 25.2 Å². The minimum Gasteiger partial charge on any atom is -0.468 e. The van der Waals surface area contributed by atoms with E-state index in [-0.39, 0.29) is 0 Å². The maximum Gasteiger partial charge on any atom is 0.117 e. The lowest BCUT2D eigenvalue weighted by Crippen LogP contribution is -2.14. The van der Waals surface area contributed by atoms with Crippen molar-refractivity contribution >= 4 is 11.6 Å². The first-order valence-electron chi connectivity index (χ1n) is 5.82. The Morgan fingerprint density at radius 3 is 2.88 bits per heavy atom. The van der Waals surface area contributed by atoms with Crippen LogP contribution in [-0.4, -0.2) is 6.54 Å². The van der Waals surface area contributed by atoms with Crippen LogP contribution in [0.15, 0.2) is 47.1 Å². The molecule has 1 heterocycles. The summed E-state index contributed by atoms with van der Waals surface area (Å²) in [4.78, 5) is 0. The van der Waals surface area contributed by atoms with Crippen molar-refractivity contribution in [3.8, 4) is 0 Å². The number of hydrogen-bond acceptors (Lipinski definition) is 2. The maximum atomic E-state index is 5.92. The van der Waals surface area contributed by atoms with Crippen molar-refractivity contribution < 1.29 is 4.42 Å². The zero-order chi connectivity index (χ0) is 11.9. The van der Waals surface area contributed by atoms with Crippen molar-refractivity contribution in [2.24, 2.45) is 0 Å². The van der Waals surface area contributed by atoms with Crippen LogP contribution in [0.1, 0.15) is 17.7 Å². The fraction of sp³-hybridized carbons (Fsp3) is 0.286. The molecule has 1 aromatic carbocycles. The van der Waals surface area contributed by atoms with Crippen molar-refractivity contribution in [1.82, 2.24) is 5.32 Å². The lowest BCUT2D eigenvalue weighted by atomic mass is 10.1. The van der Waals surface area contributed by atoms with Crippen LogP contribution < -0.4 is 5.32 Å². The van der Waals surface area contributed by atoms with Gasteiger partial charge in [-0.1, -0.05) is 23.7 Å². The Morgan fingerprint density at radius 2 is 2.12 bits per heavy atom. The van der Waals surface area contributed by atoms with Crippen molar-refractivity contribution in [3.05, 3.63) is 59.0 Å². The van der Waals surface area contributed by atoms with E-state index in [0.29, 0.717) is 0 Å². The zero-order valence-electron chi connectivity index (χ0n) is 9.66. The molecule has 0 saturated heterocycles. The van der Waals surface area contributed by atoms with Crippen LogP contribution in [0, 0.1) is 0 Å². The number of aryl methyl sites for hydroxylation is 1. The summed E-state index contributed by atoms with van der Waals surface area (Å²) >= 11 is 5.92. The zero-order valence-corrected chi connectivity index (χ0v) is 10.4. The molecule has 1 aromatic heterocycles. The third-order valence-corrected chi connectivity index (χ3v) is 2.82. The maximum absolute atomic E-state index is 5.92. The first-order valence-corrected chi connectivity index (χ1v) is 6.20. The number of rotatable bonds is 6. The largest absolute Gasteiger partial charge is 0.468 e. The van der Waals surface area contributed by atoms with E-state index >= 15 is 0 Å². The molecule has 0 spiro atoms. The second-order valence-electron chi connectivity index (χ2n) is 3.99. The molecule has 1 N–H and O–H groups in total. The summed E-state index contributed by atoms with van der Waals surface area (Å²) in [5, 5.41) is 4.16. The van der Waals surface area contributed by atoms with E-state index < -0.39 is 0 Å². The summed E-state index contributed by atoms with van der Waals surface area (Å²) in [6, 6.07) is 11.9. The first-order chi connectivity index (χ1) is 8.34. The fourth-order valence-electron chi connectivity index (χ4n) is 1.73. The predicted octanol–water partition coefficient (Wildman–Crippen LogP) is 3.66. The Kier molecular flexibility index (Phi) is 4.65. The van der Waals surface area contributed by atoms with Crippen LogP contribution in [0.4, 0.5) is 0 Å². The number of nitrogens with one attached hydrogen (secondary N) is 1. The lowest BCUT2D eigenvalue weighted by Gasteiger charge is -2.03. The molecule has 2 rings (SSSR count).